The zero-order valence-electron chi connectivity index (χ0n) is 9.88. The van der Waals surface area contributed by atoms with Crippen molar-refractivity contribution >= 4 is 5.97 Å². The molecule has 5 heteroatoms. The van der Waals surface area contributed by atoms with Gasteiger partial charge in [-0.1, -0.05) is 6.07 Å². The summed E-state index contributed by atoms with van der Waals surface area (Å²) in [7, 11) is 1.22. The Balaban J connectivity index is 3.16. The van der Waals surface area contributed by atoms with Crippen molar-refractivity contribution in [1.29, 1.82) is 0 Å². The molecule has 0 bridgehead atoms. The lowest BCUT2D eigenvalue weighted by atomic mass is 9.85. The number of ether oxygens (including phenoxy) is 1. The fourth-order valence-electron chi connectivity index (χ4n) is 1.48. The van der Waals surface area contributed by atoms with E-state index in [-0.39, 0.29) is 12.2 Å². The average Bonchev–Trinajstić information content (AvgIpc) is 2.23. The second-order valence-electron chi connectivity index (χ2n) is 4.42. The van der Waals surface area contributed by atoms with Crippen LogP contribution in [0.2, 0.25) is 0 Å². The molecule has 0 atom stereocenters. The van der Waals surface area contributed by atoms with Crippen LogP contribution in [-0.2, 0) is 11.2 Å². The number of carboxylic acid groups (broad SMARTS) is 1. The van der Waals surface area contributed by atoms with Crippen molar-refractivity contribution < 1.29 is 23.4 Å². The van der Waals surface area contributed by atoms with Gasteiger partial charge < -0.3 is 9.84 Å². The molecular weight excluding hydrogens is 230 g/mol. The minimum absolute atomic E-state index is 0.0582. The quantitative estimate of drug-likeness (QED) is 0.885. The standard InChI is InChI=1S/C12H14F2O3/c1-12(2,11(15)16)6-7-4-5-8(13)9(14)10(7)17-3/h4-5H,6H2,1-3H3,(H,15,16). The molecule has 0 amide bonds. The van der Waals surface area contributed by atoms with Crippen molar-refractivity contribution in [2.75, 3.05) is 7.11 Å². The highest BCUT2D eigenvalue weighted by molar-refractivity contribution is 5.74. The number of aliphatic carboxylic acids is 1. The van der Waals surface area contributed by atoms with Gasteiger partial charge in [-0.2, -0.15) is 4.39 Å². The van der Waals surface area contributed by atoms with E-state index in [1.54, 1.807) is 0 Å². The second kappa shape index (κ2) is 4.69. The monoisotopic (exact) mass is 244 g/mol. The minimum atomic E-state index is -1.09. The molecule has 1 aromatic rings. The van der Waals surface area contributed by atoms with Gasteiger partial charge in [0.05, 0.1) is 12.5 Å². The van der Waals surface area contributed by atoms with Crippen molar-refractivity contribution in [2.24, 2.45) is 5.41 Å². The molecule has 0 aliphatic carbocycles. The number of halogens is 2. The Morgan fingerprint density at radius 2 is 2.00 bits per heavy atom. The smallest absolute Gasteiger partial charge is 0.309 e. The highest BCUT2D eigenvalue weighted by Gasteiger charge is 2.29. The Morgan fingerprint density at radius 1 is 1.41 bits per heavy atom. The van der Waals surface area contributed by atoms with E-state index in [0.29, 0.717) is 5.56 Å². The lowest BCUT2D eigenvalue weighted by molar-refractivity contribution is -0.146. The topological polar surface area (TPSA) is 46.5 Å². The van der Waals surface area contributed by atoms with Gasteiger partial charge in [0, 0.05) is 0 Å². The first-order chi connectivity index (χ1) is 7.79. The van der Waals surface area contributed by atoms with Crippen LogP contribution in [0.1, 0.15) is 19.4 Å². The Morgan fingerprint density at radius 3 is 2.47 bits per heavy atom. The molecule has 0 saturated heterocycles. The Hall–Kier alpha value is -1.65. The number of rotatable bonds is 4. The van der Waals surface area contributed by atoms with E-state index in [1.165, 1.54) is 27.0 Å². The highest BCUT2D eigenvalue weighted by atomic mass is 19.2. The van der Waals surface area contributed by atoms with Gasteiger partial charge in [0.25, 0.3) is 0 Å². The van der Waals surface area contributed by atoms with Crippen LogP contribution in [0.3, 0.4) is 0 Å². The summed E-state index contributed by atoms with van der Waals surface area (Å²) in [4.78, 5) is 11.0. The van der Waals surface area contributed by atoms with Crippen LogP contribution in [0.5, 0.6) is 5.75 Å². The first kappa shape index (κ1) is 13.4. The van der Waals surface area contributed by atoms with E-state index >= 15 is 0 Å². The molecule has 1 rings (SSSR count). The number of carboxylic acids is 1. The molecule has 0 unspecified atom stereocenters. The SMILES string of the molecule is COc1c(CC(C)(C)C(=O)O)ccc(F)c1F. The number of methoxy groups -OCH3 is 1. The molecule has 0 heterocycles. The van der Waals surface area contributed by atoms with Crippen LogP contribution in [0, 0.1) is 17.0 Å². The Kier molecular flexibility index (Phi) is 3.70. The first-order valence-electron chi connectivity index (χ1n) is 5.04. The number of hydrogen-bond acceptors (Lipinski definition) is 2. The van der Waals surface area contributed by atoms with Crippen molar-refractivity contribution in [1.82, 2.24) is 0 Å². The zero-order chi connectivity index (χ0) is 13.2. The summed E-state index contributed by atoms with van der Waals surface area (Å²) in [5.74, 6) is -3.35. The molecule has 0 saturated carbocycles. The predicted molar refractivity (Wildman–Crippen MR) is 58.0 cm³/mol. The molecule has 0 fully saturated rings. The molecule has 1 N–H and O–H groups in total. The van der Waals surface area contributed by atoms with E-state index in [4.69, 9.17) is 9.84 Å². The van der Waals surface area contributed by atoms with Gasteiger partial charge in [-0.15, -0.1) is 0 Å². The van der Waals surface area contributed by atoms with Crippen molar-refractivity contribution in [2.45, 2.75) is 20.3 Å². The number of hydrogen-bond donors (Lipinski definition) is 1. The molecule has 1 aromatic carbocycles. The lowest BCUT2D eigenvalue weighted by Gasteiger charge is -2.20. The van der Waals surface area contributed by atoms with Crippen LogP contribution in [-0.4, -0.2) is 18.2 Å². The van der Waals surface area contributed by atoms with E-state index < -0.39 is 23.0 Å². The third-order valence-electron chi connectivity index (χ3n) is 2.55. The third-order valence-corrected chi connectivity index (χ3v) is 2.55. The van der Waals surface area contributed by atoms with E-state index in [0.717, 1.165) is 6.07 Å². The maximum atomic E-state index is 13.4. The maximum Gasteiger partial charge on any atom is 0.309 e. The Bertz CT molecular complexity index is 442. The van der Waals surface area contributed by atoms with Gasteiger partial charge in [0.15, 0.2) is 11.6 Å². The molecular formula is C12H14F2O3. The van der Waals surface area contributed by atoms with Crippen molar-refractivity contribution in [3.8, 4) is 5.75 Å². The highest BCUT2D eigenvalue weighted by Crippen LogP contribution is 2.31. The molecule has 94 valence electrons. The molecule has 0 spiro atoms. The molecule has 0 aliphatic rings. The summed E-state index contributed by atoms with van der Waals surface area (Å²) in [5.41, 5.74) is -0.740. The van der Waals surface area contributed by atoms with Crippen molar-refractivity contribution in [3.05, 3.63) is 29.3 Å². The summed E-state index contributed by atoms with van der Waals surface area (Å²) < 4.78 is 31.1. The molecule has 0 radical (unpaired) electrons. The van der Waals surface area contributed by atoms with Gasteiger partial charge in [-0.05, 0) is 31.9 Å². The van der Waals surface area contributed by atoms with Crippen molar-refractivity contribution in [3.63, 3.8) is 0 Å². The summed E-state index contributed by atoms with van der Waals surface area (Å²) in [6.45, 7) is 3.02. The normalized spacial score (nSPS) is 11.4. The zero-order valence-corrected chi connectivity index (χ0v) is 9.88. The molecule has 0 aromatic heterocycles. The number of carbonyl (C=O) groups is 1. The van der Waals surface area contributed by atoms with Gasteiger partial charge in [0.1, 0.15) is 0 Å². The average molecular weight is 244 g/mol. The number of benzene rings is 1. The maximum absolute atomic E-state index is 13.4. The van der Waals surface area contributed by atoms with Gasteiger partial charge in [-0.3, -0.25) is 4.79 Å². The van der Waals surface area contributed by atoms with E-state index in [2.05, 4.69) is 0 Å². The van der Waals surface area contributed by atoms with Crippen LogP contribution >= 0.6 is 0 Å². The van der Waals surface area contributed by atoms with E-state index in [1.807, 2.05) is 0 Å². The summed E-state index contributed by atoms with van der Waals surface area (Å²) >= 11 is 0. The fourth-order valence-corrected chi connectivity index (χ4v) is 1.48. The molecule has 0 aliphatic heterocycles. The van der Waals surface area contributed by atoms with E-state index in [9.17, 15) is 13.6 Å². The van der Waals surface area contributed by atoms with Crippen LogP contribution in [0.15, 0.2) is 12.1 Å². The molecule has 17 heavy (non-hydrogen) atoms. The van der Waals surface area contributed by atoms with Gasteiger partial charge >= 0.3 is 5.97 Å². The lowest BCUT2D eigenvalue weighted by Crippen LogP contribution is -2.26. The van der Waals surface area contributed by atoms with Crippen LogP contribution < -0.4 is 4.74 Å². The minimum Gasteiger partial charge on any atom is -0.493 e. The predicted octanol–water partition coefficient (Wildman–Crippen LogP) is 2.63. The summed E-state index contributed by atoms with van der Waals surface area (Å²) in [6.07, 6.45) is 0.0582. The van der Waals surface area contributed by atoms with Crippen LogP contribution in [0.4, 0.5) is 8.78 Å². The largest absolute Gasteiger partial charge is 0.493 e. The summed E-state index contributed by atoms with van der Waals surface area (Å²) in [6, 6.07) is 2.30. The third kappa shape index (κ3) is 2.72. The fraction of sp³-hybridized carbons (Fsp3) is 0.417. The molecule has 3 nitrogen and oxygen atoms in total. The first-order valence-corrected chi connectivity index (χ1v) is 5.04. The van der Waals surface area contributed by atoms with Gasteiger partial charge in [-0.25, -0.2) is 4.39 Å². The van der Waals surface area contributed by atoms with Crippen LogP contribution in [0.25, 0.3) is 0 Å². The Labute approximate surface area is 98.0 Å². The summed E-state index contributed by atoms with van der Waals surface area (Å²) in [5, 5.41) is 8.98. The second-order valence-corrected chi connectivity index (χ2v) is 4.42. The van der Waals surface area contributed by atoms with Gasteiger partial charge in [0.2, 0.25) is 5.82 Å².